The van der Waals surface area contributed by atoms with Gasteiger partial charge in [0.15, 0.2) is 17.5 Å². The van der Waals surface area contributed by atoms with Gasteiger partial charge in [0.2, 0.25) is 5.91 Å². The third kappa shape index (κ3) is 3.95. The van der Waals surface area contributed by atoms with Crippen LogP contribution in [0.5, 0.6) is 0 Å². The maximum atomic E-state index is 13.0. The highest BCUT2D eigenvalue weighted by Crippen LogP contribution is 2.17. The van der Waals surface area contributed by atoms with E-state index < -0.39 is 29.2 Å². The van der Waals surface area contributed by atoms with Gasteiger partial charge in [-0.25, -0.2) is 17.6 Å². The highest BCUT2D eigenvalue weighted by atomic mass is 19.2. The zero-order chi connectivity index (χ0) is 15.4. The van der Waals surface area contributed by atoms with Crippen LogP contribution in [0.3, 0.4) is 0 Å². The third-order valence-electron chi connectivity index (χ3n) is 2.55. The van der Waals surface area contributed by atoms with Crippen LogP contribution >= 0.6 is 0 Å². The van der Waals surface area contributed by atoms with Crippen LogP contribution in [0.4, 0.5) is 28.9 Å². The van der Waals surface area contributed by atoms with Crippen LogP contribution in [0, 0.1) is 23.3 Å². The van der Waals surface area contributed by atoms with Crippen molar-refractivity contribution in [2.24, 2.45) is 0 Å². The Kier molecular flexibility index (Phi) is 4.42. The van der Waals surface area contributed by atoms with Gasteiger partial charge in [-0.2, -0.15) is 0 Å². The lowest BCUT2D eigenvalue weighted by Crippen LogP contribution is -2.22. The summed E-state index contributed by atoms with van der Waals surface area (Å²) in [4.78, 5) is 11.6. The van der Waals surface area contributed by atoms with Crippen LogP contribution in [-0.4, -0.2) is 12.5 Å². The topological polar surface area (TPSA) is 41.1 Å². The van der Waals surface area contributed by atoms with Crippen molar-refractivity contribution in [2.45, 2.75) is 0 Å². The Hall–Kier alpha value is -2.57. The second-order valence-electron chi connectivity index (χ2n) is 4.17. The van der Waals surface area contributed by atoms with Crippen molar-refractivity contribution < 1.29 is 22.4 Å². The van der Waals surface area contributed by atoms with E-state index in [1.54, 1.807) is 0 Å². The van der Waals surface area contributed by atoms with Gasteiger partial charge in [0.25, 0.3) is 0 Å². The van der Waals surface area contributed by atoms with Gasteiger partial charge in [0.1, 0.15) is 5.82 Å². The Morgan fingerprint density at radius 3 is 2.24 bits per heavy atom. The zero-order valence-electron chi connectivity index (χ0n) is 10.6. The molecule has 110 valence electrons. The summed E-state index contributed by atoms with van der Waals surface area (Å²) < 4.78 is 51.6. The highest BCUT2D eigenvalue weighted by molar-refractivity contribution is 5.93. The number of anilines is 2. The first-order valence-corrected chi connectivity index (χ1v) is 5.89. The zero-order valence-corrected chi connectivity index (χ0v) is 10.6. The normalized spacial score (nSPS) is 10.3. The van der Waals surface area contributed by atoms with Crippen molar-refractivity contribution in [1.82, 2.24) is 0 Å². The molecule has 0 aliphatic rings. The monoisotopic (exact) mass is 298 g/mol. The molecule has 2 rings (SSSR count). The molecule has 0 saturated carbocycles. The minimum atomic E-state index is -1.58. The Morgan fingerprint density at radius 2 is 1.62 bits per heavy atom. The van der Waals surface area contributed by atoms with Crippen molar-refractivity contribution in [3.63, 3.8) is 0 Å². The van der Waals surface area contributed by atoms with Crippen LogP contribution in [0.15, 0.2) is 36.4 Å². The van der Waals surface area contributed by atoms with Crippen LogP contribution in [-0.2, 0) is 4.79 Å². The summed E-state index contributed by atoms with van der Waals surface area (Å²) in [5.74, 6) is -5.36. The van der Waals surface area contributed by atoms with E-state index in [1.807, 2.05) is 0 Å². The van der Waals surface area contributed by atoms with Gasteiger partial charge in [-0.15, -0.1) is 0 Å². The van der Waals surface area contributed by atoms with Crippen LogP contribution < -0.4 is 10.6 Å². The summed E-state index contributed by atoms with van der Waals surface area (Å²) in [6.07, 6.45) is 0. The van der Waals surface area contributed by atoms with Gasteiger partial charge >= 0.3 is 0 Å². The van der Waals surface area contributed by atoms with E-state index in [1.165, 1.54) is 18.2 Å². The molecule has 2 N–H and O–H groups in total. The quantitative estimate of drug-likeness (QED) is 0.672. The molecular weight excluding hydrogens is 288 g/mol. The number of carbonyl (C=O) groups is 1. The van der Waals surface area contributed by atoms with Crippen LogP contribution in [0.2, 0.25) is 0 Å². The molecule has 0 spiro atoms. The lowest BCUT2D eigenvalue weighted by Gasteiger charge is -2.08. The average Bonchev–Trinajstić information content (AvgIpc) is 2.42. The molecular formula is C14H10F4N2O. The standard InChI is InChI=1S/C14H10F4N2O/c15-8-2-1-3-9(4-8)20-13(21)7-19-10-5-11(16)14(18)12(17)6-10/h1-6,19H,7H2,(H,20,21). The van der Waals surface area contributed by atoms with Crippen molar-refractivity contribution in [3.8, 4) is 0 Å². The fourth-order valence-electron chi connectivity index (χ4n) is 1.61. The number of nitrogens with one attached hydrogen (secondary N) is 2. The summed E-state index contributed by atoms with van der Waals surface area (Å²) in [6, 6.07) is 6.70. The molecule has 7 heteroatoms. The van der Waals surface area contributed by atoms with Gasteiger partial charge in [-0.3, -0.25) is 4.79 Å². The van der Waals surface area contributed by atoms with Crippen molar-refractivity contribution >= 4 is 17.3 Å². The first-order chi connectivity index (χ1) is 9.95. The molecule has 0 bridgehead atoms. The molecule has 0 unspecified atom stereocenters. The molecule has 0 aromatic heterocycles. The molecule has 2 aromatic rings. The molecule has 0 aliphatic carbocycles. The minimum Gasteiger partial charge on any atom is -0.376 e. The molecule has 0 saturated heterocycles. The minimum absolute atomic E-state index is 0.0826. The Balaban J connectivity index is 1.95. The Labute approximate surface area is 117 Å². The smallest absolute Gasteiger partial charge is 0.243 e. The van der Waals surface area contributed by atoms with Gasteiger partial charge in [0, 0.05) is 23.5 Å². The van der Waals surface area contributed by atoms with Gasteiger partial charge < -0.3 is 10.6 Å². The first kappa shape index (κ1) is 14.8. The largest absolute Gasteiger partial charge is 0.376 e. The van der Waals surface area contributed by atoms with E-state index in [0.717, 1.165) is 18.2 Å². The van der Waals surface area contributed by atoms with Gasteiger partial charge in [-0.1, -0.05) is 6.07 Å². The van der Waals surface area contributed by atoms with Gasteiger partial charge in [0.05, 0.1) is 6.54 Å². The number of hydrogen-bond acceptors (Lipinski definition) is 2. The second kappa shape index (κ2) is 6.25. The predicted molar refractivity (Wildman–Crippen MR) is 69.8 cm³/mol. The molecule has 1 amide bonds. The molecule has 0 fully saturated rings. The summed E-state index contributed by atoms with van der Waals surface area (Å²) in [5, 5.41) is 4.83. The molecule has 3 nitrogen and oxygen atoms in total. The van der Waals surface area contributed by atoms with E-state index >= 15 is 0 Å². The van der Waals surface area contributed by atoms with E-state index in [-0.39, 0.29) is 17.9 Å². The fraction of sp³-hybridized carbons (Fsp3) is 0.0714. The third-order valence-corrected chi connectivity index (χ3v) is 2.55. The number of benzene rings is 2. The SMILES string of the molecule is O=C(CNc1cc(F)c(F)c(F)c1)Nc1cccc(F)c1. The Bertz CT molecular complexity index is 653. The van der Waals surface area contributed by atoms with E-state index in [0.29, 0.717) is 0 Å². The van der Waals surface area contributed by atoms with Crippen LogP contribution in [0.25, 0.3) is 0 Å². The summed E-state index contributed by atoms with van der Waals surface area (Å²) in [6.45, 7) is -0.318. The van der Waals surface area contributed by atoms with Crippen molar-refractivity contribution in [2.75, 3.05) is 17.2 Å². The summed E-state index contributed by atoms with van der Waals surface area (Å²) in [5.41, 5.74) is 0.166. The number of halogens is 4. The molecule has 21 heavy (non-hydrogen) atoms. The fourth-order valence-corrected chi connectivity index (χ4v) is 1.61. The summed E-state index contributed by atoms with van der Waals surface area (Å²) in [7, 11) is 0. The maximum Gasteiger partial charge on any atom is 0.243 e. The lowest BCUT2D eigenvalue weighted by molar-refractivity contribution is -0.114. The number of hydrogen-bond donors (Lipinski definition) is 2. The number of amides is 1. The lowest BCUT2D eigenvalue weighted by atomic mass is 10.2. The summed E-state index contributed by atoms with van der Waals surface area (Å²) >= 11 is 0. The van der Waals surface area contributed by atoms with Crippen LogP contribution in [0.1, 0.15) is 0 Å². The van der Waals surface area contributed by atoms with Crippen molar-refractivity contribution in [1.29, 1.82) is 0 Å². The Morgan fingerprint density at radius 1 is 0.952 bits per heavy atom. The maximum absolute atomic E-state index is 13.0. The number of rotatable bonds is 4. The second-order valence-corrected chi connectivity index (χ2v) is 4.17. The van der Waals surface area contributed by atoms with Crippen molar-refractivity contribution in [3.05, 3.63) is 59.7 Å². The highest BCUT2D eigenvalue weighted by Gasteiger charge is 2.11. The van der Waals surface area contributed by atoms with E-state index in [2.05, 4.69) is 10.6 Å². The number of carbonyl (C=O) groups excluding carboxylic acids is 1. The molecule has 0 aliphatic heterocycles. The molecule has 0 heterocycles. The van der Waals surface area contributed by atoms with E-state index in [4.69, 9.17) is 0 Å². The predicted octanol–water partition coefficient (Wildman–Crippen LogP) is 3.29. The van der Waals surface area contributed by atoms with E-state index in [9.17, 15) is 22.4 Å². The molecule has 0 atom stereocenters. The average molecular weight is 298 g/mol. The molecule has 0 radical (unpaired) electrons. The van der Waals surface area contributed by atoms with Gasteiger partial charge in [-0.05, 0) is 18.2 Å². The first-order valence-electron chi connectivity index (χ1n) is 5.89. The molecule has 2 aromatic carbocycles.